The number of nitro groups is 1. The van der Waals surface area contributed by atoms with Crippen LogP contribution in [-0.2, 0) is 0 Å². The Hall–Kier alpha value is -1.82. The molecule has 0 unspecified atom stereocenters. The van der Waals surface area contributed by atoms with Gasteiger partial charge in [0.05, 0.1) is 9.95 Å². The van der Waals surface area contributed by atoms with Crippen LogP contribution >= 0.6 is 11.6 Å². The number of carboxylic acid groups (broad SMARTS) is 1. The zero-order valence-electron chi connectivity index (χ0n) is 6.73. The van der Waals surface area contributed by atoms with E-state index in [1.54, 1.807) is 0 Å². The second kappa shape index (κ2) is 3.51. The topological polar surface area (TPSA) is 106 Å². The van der Waals surface area contributed by atoms with Gasteiger partial charge in [0.25, 0.3) is 0 Å². The van der Waals surface area contributed by atoms with Crippen LogP contribution < -0.4 is 5.73 Å². The molecule has 74 valence electrons. The fourth-order valence-electron chi connectivity index (χ4n) is 0.953. The average molecular weight is 217 g/mol. The predicted molar refractivity (Wildman–Crippen MR) is 49.5 cm³/mol. The Morgan fingerprint density at radius 3 is 2.57 bits per heavy atom. The summed E-state index contributed by atoms with van der Waals surface area (Å²) in [5, 5.41) is 19.1. The van der Waals surface area contributed by atoms with Crippen LogP contribution in [0.15, 0.2) is 12.1 Å². The molecule has 1 aromatic rings. The number of hydrogen-bond donors (Lipinski definition) is 2. The molecule has 0 bridgehead atoms. The van der Waals surface area contributed by atoms with Gasteiger partial charge in [0.15, 0.2) is 0 Å². The highest BCUT2D eigenvalue weighted by Gasteiger charge is 2.24. The van der Waals surface area contributed by atoms with Crippen molar-refractivity contribution in [3.63, 3.8) is 0 Å². The lowest BCUT2D eigenvalue weighted by atomic mass is 10.1. The zero-order valence-corrected chi connectivity index (χ0v) is 7.49. The summed E-state index contributed by atoms with van der Waals surface area (Å²) in [6.07, 6.45) is 0. The van der Waals surface area contributed by atoms with Crippen molar-refractivity contribution in [2.45, 2.75) is 0 Å². The molecule has 1 aromatic carbocycles. The van der Waals surface area contributed by atoms with Crippen LogP contribution in [0.3, 0.4) is 0 Å². The van der Waals surface area contributed by atoms with Gasteiger partial charge in [-0.1, -0.05) is 11.6 Å². The van der Waals surface area contributed by atoms with E-state index >= 15 is 0 Å². The molecule has 0 aliphatic carbocycles. The fourth-order valence-corrected chi connectivity index (χ4v) is 1.11. The minimum Gasteiger partial charge on any atom is -0.477 e. The van der Waals surface area contributed by atoms with Crippen molar-refractivity contribution in [1.82, 2.24) is 0 Å². The molecule has 0 aliphatic rings. The third-order valence-electron chi connectivity index (χ3n) is 1.58. The number of benzene rings is 1. The molecule has 0 saturated heterocycles. The number of rotatable bonds is 2. The molecule has 0 fully saturated rings. The van der Waals surface area contributed by atoms with Crippen molar-refractivity contribution in [1.29, 1.82) is 0 Å². The number of halogens is 1. The van der Waals surface area contributed by atoms with Gasteiger partial charge >= 0.3 is 11.7 Å². The molecule has 0 spiro atoms. The Labute approximate surface area is 83.0 Å². The van der Waals surface area contributed by atoms with Gasteiger partial charge in [-0.3, -0.25) is 10.1 Å². The van der Waals surface area contributed by atoms with Crippen LogP contribution in [0.5, 0.6) is 0 Å². The second-order valence-corrected chi connectivity index (χ2v) is 2.83. The Balaban J connectivity index is 3.53. The van der Waals surface area contributed by atoms with Gasteiger partial charge in [0, 0.05) is 0 Å². The van der Waals surface area contributed by atoms with Gasteiger partial charge in [-0.05, 0) is 12.1 Å². The molecule has 0 aliphatic heterocycles. The van der Waals surface area contributed by atoms with Crippen molar-refractivity contribution in [2.75, 3.05) is 5.73 Å². The molecule has 0 heterocycles. The Morgan fingerprint density at radius 2 is 2.14 bits per heavy atom. The number of carbonyl (C=O) groups is 1. The maximum atomic E-state index is 10.6. The summed E-state index contributed by atoms with van der Waals surface area (Å²) in [5.41, 5.74) is 3.80. The zero-order chi connectivity index (χ0) is 10.9. The minimum absolute atomic E-state index is 0.0401. The molecule has 1 rings (SSSR count). The molecule has 0 radical (unpaired) electrons. The Bertz CT molecular complexity index is 418. The van der Waals surface area contributed by atoms with E-state index < -0.39 is 22.1 Å². The first-order valence-corrected chi connectivity index (χ1v) is 3.78. The van der Waals surface area contributed by atoms with E-state index in [9.17, 15) is 14.9 Å². The lowest BCUT2D eigenvalue weighted by Crippen LogP contribution is -2.05. The second-order valence-electron chi connectivity index (χ2n) is 2.42. The van der Waals surface area contributed by atoms with E-state index in [4.69, 9.17) is 22.4 Å². The number of nitrogens with two attached hydrogens (primary N) is 1. The summed E-state index contributed by atoms with van der Waals surface area (Å²) >= 11 is 5.51. The van der Waals surface area contributed by atoms with E-state index in [1.165, 1.54) is 6.07 Å². The van der Waals surface area contributed by atoms with Crippen molar-refractivity contribution in [3.05, 3.63) is 32.8 Å². The highest BCUT2D eigenvalue weighted by molar-refractivity contribution is 6.33. The fraction of sp³-hybridized carbons (Fsp3) is 0. The molecule has 14 heavy (non-hydrogen) atoms. The van der Waals surface area contributed by atoms with Crippen LogP contribution in [-0.4, -0.2) is 16.0 Å². The molecule has 6 nitrogen and oxygen atoms in total. The first-order valence-electron chi connectivity index (χ1n) is 3.40. The van der Waals surface area contributed by atoms with Crippen molar-refractivity contribution in [3.8, 4) is 0 Å². The third kappa shape index (κ3) is 1.60. The molecule has 3 N–H and O–H groups in total. The first-order chi connectivity index (χ1) is 6.45. The average Bonchev–Trinajstić information content (AvgIpc) is 2.08. The number of hydrogen-bond acceptors (Lipinski definition) is 4. The van der Waals surface area contributed by atoms with Gasteiger partial charge in [-0.15, -0.1) is 0 Å². The maximum Gasteiger partial charge on any atom is 0.342 e. The van der Waals surface area contributed by atoms with Crippen LogP contribution in [0.2, 0.25) is 5.02 Å². The van der Waals surface area contributed by atoms with E-state index in [0.29, 0.717) is 0 Å². The summed E-state index contributed by atoms with van der Waals surface area (Å²) in [7, 11) is 0. The number of nitro benzene ring substituents is 1. The third-order valence-corrected chi connectivity index (χ3v) is 1.91. The lowest BCUT2D eigenvalue weighted by molar-refractivity contribution is -0.384. The molecular formula is C7H5ClN2O4. The summed E-state index contributed by atoms with van der Waals surface area (Å²) in [5.74, 6) is -1.42. The van der Waals surface area contributed by atoms with Crippen LogP contribution in [0, 0.1) is 10.1 Å². The Morgan fingerprint density at radius 1 is 1.57 bits per heavy atom. The molecule has 7 heteroatoms. The summed E-state index contributed by atoms with van der Waals surface area (Å²) in [6.45, 7) is 0. The Kier molecular flexibility index (Phi) is 2.57. The van der Waals surface area contributed by atoms with E-state index in [-0.39, 0.29) is 10.7 Å². The van der Waals surface area contributed by atoms with Crippen molar-refractivity contribution >= 4 is 28.9 Å². The quantitative estimate of drug-likeness (QED) is 0.443. The number of anilines is 1. The van der Waals surface area contributed by atoms with E-state index in [2.05, 4.69) is 0 Å². The normalized spacial score (nSPS) is 9.79. The number of carboxylic acids is 1. The minimum atomic E-state index is -1.42. The molecule has 0 aromatic heterocycles. The van der Waals surface area contributed by atoms with Crippen molar-refractivity contribution in [2.24, 2.45) is 0 Å². The number of nitrogens with zero attached hydrogens (tertiary/aromatic N) is 1. The largest absolute Gasteiger partial charge is 0.477 e. The van der Waals surface area contributed by atoms with Gasteiger partial charge in [0.1, 0.15) is 11.3 Å². The smallest absolute Gasteiger partial charge is 0.342 e. The van der Waals surface area contributed by atoms with Gasteiger partial charge in [-0.2, -0.15) is 0 Å². The highest BCUT2D eigenvalue weighted by Crippen LogP contribution is 2.32. The number of nitrogen functional groups attached to an aromatic ring is 1. The van der Waals surface area contributed by atoms with Crippen LogP contribution in [0.1, 0.15) is 10.4 Å². The molecule has 0 amide bonds. The summed E-state index contributed by atoms with van der Waals surface area (Å²) in [6, 6.07) is 2.24. The monoisotopic (exact) mass is 216 g/mol. The SMILES string of the molecule is Nc1c(Cl)ccc(C(=O)O)c1[N+](=O)[O-]. The standard InChI is InChI=1S/C7H5ClN2O4/c8-4-2-1-3(7(11)12)6(5(4)9)10(13)14/h1-2H,9H2,(H,11,12). The summed E-state index contributed by atoms with van der Waals surface area (Å²) < 4.78 is 0. The highest BCUT2D eigenvalue weighted by atomic mass is 35.5. The van der Waals surface area contributed by atoms with Crippen molar-refractivity contribution < 1.29 is 14.8 Å². The molecule has 0 saturated carbocycles. The van der Waals surface area contributed by atoms with Gasteiger partial charge < -0.3 is 10.8 Å². The van der Waals surface area contributed by atoms with E-state index in [0.717, 1.165) is 6.07 Å². The predicted octanol–water partition coefficient (Wildman–Crippen LogP) is 1.53. The maximum absolute atomic E-state index is 10.6. The molecule has 0 atom stereocenters. The van der Waals surface area contributed by atoms with E-state index in [1.807, 2.05) is 0 Å². The van der Waals surface area contributed by atoms with Crippen LogP contribution in [0.4, 0.5) is 11.4 Å². The summed E-state index contributed by atoms with van der Waals surface area (Å²) in [4.78, 5) is 20.2. The lowest BCUT2D eigenvalue weighted by Gasteiger charge is -2.02. The van der Waals surface area contributed by atoms with Gasteiger partial charge in [0.2, 0.25) is 0 Å². The van der Waals surface area contributed by atoms with Crippen LogP contribution in [0.25, 0.3) is 0 Å². The number of aromatic carboxylic acids is 1. The molecular weight excluding hydrogens is 212 g/mol. The first kappa shape index (κ1) is 10.3. The van der Waals surface area contributed by atoms with Gasteiger partial charge in [-0.25, -0.2) is 4.79 Å².